The summed E-state index contributed by atoms with van der Waals surface area (Å²) >= 11 is 0. The molecule has 2 aliphatic rings. The zero-order valence-electron chi connectivity index (χ0n) is 12.3. The van der Waals surface area contributed by atoms with Gasteiger partial charge >= 0.3 is 0 Å². The molecule has 0 spiro atoms. The van der Waals surface area contributed by atoms with Gasteiger partial charge < -0.3 is 10.0 Å². The summed E-state index contributed by atoms with van der Waals surface area (Å²) in [7, 11) is 0. The van der Waals surface area contributed by atoms with E-state index in [0.717, 1.165) is 6.54 Å². The largest absolute Gasteiger partial charge is 0.392 e. The predicted octanol–water partition coefficient (Wildman–Crippen LogP) is 3.44. The van der Waals surface area contributed by atoms with Crippen molar-refractivity contribution in [3.8, 4) is 0 Å². The molecule has 1 unspecified atom stereocenters. The van der Waals surface area contributed by atoms with Gasteiger partial charge in [0.25, 0.3) is 0 Å². The number of nitrogens with zero attached hydrogens (tertiary/aromatic N) is 1. The van der Waals surface area contributed by atoms with E-state index in [1.54, 1.807) is 0 Å². The fourth-order valence-corrected chi connectivity index (χ4v) is 3.56. The number of piperidine rings is 1. The molecule has 0 bridgehead atoms. The molecule has 106 valence electrons. The van der Waals surface area contributed by atoms with Crippen molar-refractivity contribution < 1.29 is 5.11 Å². The molecular weight excluding hydrogens is 222 g/mol. The summed E-state index contributed by atoms with van der Waals surface area (Å²) in [5.41, 5.74) is 0.562. The minimum atomic E-state index is -0.0729. The monoisotopic (exact) mass is 253 g/mol. The van der Waals surface area contributed by atoms with Crippen molar-refractivity contribution in [2.24, 2.45) is 11.3 Å². The highest BCUT2D eigenvalue weighted by atomic mass is 16.3. The van der Waals surface area contributed by atoms with Crippen LogP contribution in [0.25, 0.3) is 0 Å². The molecular formula is C16H31NO. The van der Waals surface area contributed by atoms with E-state index in [0.29, 0.717) is 11.3 Å². The summed E-state index contributed by atoms with van der Waals surface area (Å²) in [5, 5.41) is 10.4. The van der Waals surface area contributed by atoms with E-state index in [9.17, 15) is 5.11 Å². The van der Waals surface area contributed by atoms with Gasteiger partial charge in [0.1, 0.15) is 0 Å². The Morgan fingerprint density at radius 1 is 1.17 bits per heavy atom. The van der Waals surface area contributed by atoms with E-state index in [2.05, 4.69) is 18.7 Å². The second-order valence-corrected chi connectivity index (χ2v) is 6.93. The Morgan fingerprint density at radius 2 is 1.78 bits per heavy atom. The van der Waals surface area contributed by atoms with E-state index in [1.807, 2.05) is 0 Å². The minimum absolute atomic E-state index is 0.0729. The third-order valence-electron chi connectivity index (χ3n) is 5.56. The van der Waals surface area contributed by atoms with E-state index in [-0.39, 0.29) is 6.10 Å². The van der Waals surface area contributed by atoms with Crippen molar-refractivity contribution in [3.05, 3.63) is 0 Å². The van der Waals surface area contributed by atoms with E-state index < -0.39 is 0 Å². The van der Waals surface area contributed by atoms with Crippen molar-refractivity contribution in [1.82, 2.24) is 4.90 Å². The lowest BCUT2D eigenvalue weighted by Crippen LogP contribution is -2.44. The Labute approximate surface area is 113 Å². The molecule has 1 aliphatic carbocycles. The topological polar surface area (TPSA) is 23.5 Å². The van der Waals surface area contributed by atoms with Gasteiger partial charge in [0.05, 0.1) is 6.10 Å². The van der Waals surface area contributed by atoms with Gasteiger partial charge in [-0.15, -0.1) is 0 Å². The molecule has 18 heavy (non-hydrogen) atoms. The molecule has 0 radical (unpaired) electrons. The molecule has 0 aromatic heterocycles. The normalized spacial score (nSPS) is 28.2. The Hall–Kier alpha value is -0.0800. The summed E-state index contributed by atoms with van der Waals surface area (Å²) in [6.45, 7) is 8.03. The molecule has 2 nitrogen and oxygen atoms in total. The molecule has 0 amide bonds. The minimum Gasteiger partial charge on any atom is -0.392 e. The maximum atomic E-state index is 10.4. The van der Waals surface area contributed by atoms with Crippen LogP contribution < -0.4 is 0 Å². The first-order chi connectivity index (χ1) is 8.63. The Bertz CT molecular complexity index is 239. The van der Waals surface area contributed by atoms with Crippen molar-refractivity contribution in [2.45, 2.75) is 71.3 Å². The molecule has 2 rings (SSSR count). The molecule has 2 heteroatoms. The first-order valence-corrected chi connectivity index (χ1v) is 8.03. The van der Waals surface area contributed by atoms with Gasteiger partial charge in [-0.3, -0.25) is 0 Å². The van der Waals surface area contributed by atoms with Crippen molar-refractivity contribution in [1.29, 1.82) is 0 Å². The summed E-state index contributed by atoms with van der Waals surface area (Å²) in [6, 6.07) is 0. The molecule has 1 atom stereocenters. The van der Waals surface area contributed by atoms with Crippen LogP contribution in [0.3, 0.4) is 0 Å². The number of hydrogen-bond acceptors (Lipinski definition) is 2. The average Bonchev–Trinajstić information content (AvgIpc) is 2.42. The van der Waals surface area contributed by atoms with Crippen LogP contribution in [0.5, 0.6) is 0 Å². The Balaban J connectivity index is 1.73. The van der Waals surface area contributed by atoms with E-state index >= 15 is 0 Å². The first kappa shape index (κ1) is 14.3. The van der Waals surface area contributed by atoms with Gasteiger partial charge in [-0.2, -0.15) is 0 Å². The van der Waals surface area contributed by atoms with Crippen LogP contribution in [-0.4, -0.2) is 35.7 Å². The first-order valence-electron chi connectivity index (χ1n) is 8.03. The second kappa shape index (κ2) is 6.38. The number of likely N-dealkylation sites (tertiary alicyclic amines) is 1. The molecule has 1 N–H and O–H groups in total. The standard InChI is InChI=1S/C16H31NO/c1-3-16(2)9-11-17(12-10-16)13-15(18)14-7-5-4-6-8-14/h14-15,18H,3-13H2,1-2H3. The van der Waals surface area contributed by atoms with Crippen molar-refractivity contribution in [3.63, 3.8) is 0 Å². The zero-order chi connectivity index (χ0) is 13.0. The van der Waals surface area contributed by atoms with Gasteiger partial charge in [0, 0.05) is 6.54 Å². The van der Waals surface area contributed by atoms with E-state index in [1.165, 1.54) is 64.5 Å². The predicted molar refractivity (Wildman–Crippen MR) is 76.7 cm³/mol. The molecule has 1 heterocycles. The highest BCUT2D eigenvalue weighted by Gasteiger charge is 2.30. The molecule has 1 saturated heterocycles. The summed E-state index contributed by atoms with van der Waals surface area (Å²) < 4.78 is 0. The van der Waals surface area contributed by atoms with Gasteiger partial charge in [-0.05, 0) is 50.1 Å². The number of aliphatic hydroxyl groups is 1. The Kier molecular flexibility index (Phi) is 5.08. The van der Waals surface area contributed by atoms with Crippen LogP contribution in [-0.2, 0) is 0 Å². The number of rotatable bonds is 4. The van der Waals surface area contributed by atoms with Gasteiger partial charge in [0.15, 0.2) is 0 Å². The van der Waals surface area contributed by atoms with Gasteiger partial charge in [0.2, 0.25) is 0 Å². The van der Waals surface area contributed by atoms with Gasteiger partial charge in [-0.1, -0.05) is 39.5 Å². The lowest BCUT2D eigenvalue weighted by Gasteiger charge is -2.40. The quantitative estimate of drug-likeness (QED) is 0.829. The van der Waals surface area contributed by atoms with Crippen molar-refractivity contribution in [2.75, 3.05) is 19.6 Å². The summed E-state index contributed by atoms with van der Waals surface area (Å²) in [5.74, 6) is 0.582. The smallest absolute Gasteiger partial charge is 0.0695 e. The molecule has 1 aliphatic heterocycles. The zero-order valence-corrected chi connectivity index (χ0v) is 12.3. The summed E-state index contributed by atoms with van der Waals surface area (Å²) in [4.78, 5) is 2.50. The summed E-state index contributed by atoms with van der Waals surface area (Å²) in [6.07, 6.45) is 10.4. The van der Waals surface area contributed by atoms with Crippen LogP contribution in [0.4, 0.5) is 0 Å². The number of hydrogen-bond donors (Lipinski definition) is 1. The van der Waals surface area contributed by atoms with Gasteiger partial charge in [-0.25, -0.2) is 0 Å². The lowest BCUT2D eigenvalue weighted by molar-refractivity contribution is 0.0241. The number of β-amino-alcohol motifs (C(OH)–C–C–N with tert-alkyl or cyclic N) is 1. The lowest BCUT2D eigenvalue weighted by atomic mass is 9.78. The van der Waals surface area contributed by atoms with Crippen LogP contribution in [0.15, 0.2) is 0 Å². The molecule has 0 aromatic carbocycles. The third-order valence-corrected chi connectivity index (χ3v) is 5.56. The fraction of sp³-hybridized carbons (Fsp3) is 1.00. The Morgan fingerprint density at radius 3 is 2.33 bits per heavy atom. The highest BCUT2D eigenvalue weighted by molar-refractivity contribution is 4.83. The maximum Gasteiger partial charge on any atom is 0.0695 e. The molecule has 1 saturated carbocycles. The van der Waals surface area contributed by atoms with Crippen LogP contribution >= 0.6 is 0 Å². The maximum absolute atomic E-state index is 10.4. The van der Waals surface area contributed by atoms with Crippen LogP contribution in [0, 0.1) is 11.3 Å². The number of aliphatic hydroxyl groups excluding tert-OH is 1. The van der Waals surface area contributed by atoms with Crippen LogP contribution in [0.2, 0.25) is 0 Å². The van der Waals surface area contributed by atoms with Crippen molar-refractivity contribution >= 4 is 0 Å². The fourth-order valence-electron chi connectivity index (χ4n) is 3.56. The second-order valence-electron chi connectivity index (χ2n) is 6.93. The average molecular weight is 253 g/mol. The molecule has 2 fully saturated rings. The third kappa shape index (κ3) is 3.71. The molecule has 0 aromatic rings. The van der Waals surface area contributed by atoms with Crippen LogP contribution in [0.1, 0.15) is 65.2 Å². The SMILES string of the molecule is CCC1(C)CCN(CC(O)C2CCCCC2)CC1. The van der Waals surface area contributed by atoms with E-state index in [4.69, 9.17) is 0 Å². The highest BCUT2D eigenvalue weighted by Crippen LogP contribution is 2.34.